The molecule has 1 amide bonds. The average molecular weight is 348 g/mol. The third-order valence-electron chi connectivity index (χ3n) is 5.26. The van der Waals surface area contributed by atoms with E-state index >= 15 is 0 Å². The van der Waals surface area contributed by atoms with Crippen molar-refractivity contribution in [1.82, 2.24) is 4.90 Å². The van der Waals surface area contributed by atoms with Crippen molar-refractivity contribution in [2.75, 3.05) is 31.2 Å². The van der Waals surface area contributed by atoms with Crippen LogP contribution < -0.4 is 11.1 Å². The van der Waals surface area contributed by atoms with Gasteiger partial charge >= 0.3 is 0 Å². The number of nitrogen functional groups attached to an aromatic ring is 1. The van der Waals surface area contributed by atoms with Gasteiger partial charge in [0.05, 0.1) is 11.8 Å². The highest BCUT2D eigenvalue weighted by Gasteiger charge is 2.36. The Bertz CT molecular complexity index is 838. The first-order valence-corrected chi connectivity index (χ1v) is 9.14. The van der Waals surface area contributed by atoms with Crippen LogP contribution in [0.2, 0.25) is 0 Å². The van der Waals surface area contributed by atoms with Crippen LogP contribution in [0.5, 0.6) is 0 Å². The van der Waals surface area contributed by atoms with Gasteiger partial charge in [0.2, 0.25) is 5.91 Å². The molecule has 1 atom stereocenters. The molecule has 1 saturated heterocycles. The largest absolute Gasteiger partial charge is 0.399 e. The van der Waals surface area contributed by atoms with Gasteiger partial charge in [-0.05, 0) is 56.2 Å². The molecule has 26 heavy (non-hydrogen) atoms. The van der Waals surface area contributed by atoms with Crippen LogP contribution in [0.15, 0.2) is 53.5 Å². The minimum absolute atomic E-state index is 0.0267. The highest BCUT2D eigenvalue weighted by molar-refractivity contribution is 6.23. The van der Waals surface area contributed by atoms with E-state index in [0.29, 0.717) is 5.69 Å². The normalized spacial score (nSPS) is 21.5. The highest BCUT2D eigenvalue weighted by Crippen LogP contribution is 2.37. The molecule has 0 saturated carbocycles. The first-order valence-electron chi connectivity index (χ1n) is 9.14. The van der Waals surface area contributed by atoms with Gasteiger partial charge in [-0.15, -0.1) is 0 Å². The minimum Gasteiger partial charge on any atom is -0.399 e. The number of benzene rings is 2. The predicted octanol–water partition coefficient (Wildman–Crippen LogP) is 2.89. The predicted molar refractivity (Wildman–Crippen MR) is 106 cm³/mol. The van der Waals surface area contributed by atoms with E-state index in [2.05, 4.69) is 17.3 Å². The standard InChI is InChI=1S/C21H24N4O/c1-25-11-9-16(10-12-25)23-20(14-5-3-2-4-6-14)19-17-8-7-15(22)13-18(17)24-21(19)26/h2-8,13,16,19H,9-12,22H2,1H3,(H,24,26). The van der Waals surface area contributed by atoms with Crippen molar-refractivity contribution in [2.45, 2.75) is 24.8 Å². The molecule has 0 aliphatic carbocycles. The number of aliphatic imine (C=N–C) groups is 1. The van der Waals surface area contributed by atoms with Crippen LogP contribution in [0.25, 0.3) is 0 Å². The molecule has 2 heterocycles. The maximum Gasteiger partial charge on any atom is 0.238 e. The van der Waals surface area contributed by atoms with E-state index in [1.54, 1.807) is 0 Å². The topological polar surface area (TPSA) is 70.7 Å². The Morgan fingerprint density at radius 1 is 1.15 bits per heavy atom. The second-order valence-corrected chi connectivity index (χ2v) is 7.18. The van der Waals surface area contributed by atoms with E-state index in [9.17, 15) is 4.79 Å². The average Bonchev–Trinajstić information content (AvgIpc) is 2.97. The molecule has 134 valence electrons. The zero-order chi connectivity index (χ0) is 18.1. The number of hydrogen-bond donors (Lipinski definition) is 2. The van der Waals surface area contributed by atoms with Crippen LogP contribution >= 0.6 is 0 Å². The highest BCUT2D eigenvalue weighted by atomic mass is 16.2. The van der Waals surface area contributed by atoms with Gasteiger partial charge in [-0.25, -0.2) is 0 Å². The lowest BCUT2D eigenvalue weighted by molar-refractivity contribution is -0.115. The van der Waals surface area contributed by atoms with Gasteiger partial charge in [-0.3, -0.25) is 9.79 Å². The summed E-state index contributed by atoms with van der Waals surface area (Å²) < 4.78 is 0. The molecule has 4 rings (SSSR count). The Morgan fingerprint density at radius 2 is 1.88 bits per heavy atom. The van der Waals surface area contributed by atoms with E-state index in [-0.39, 0.29) is 17.9 Å². The summed E-state index contributed by atoms with van der Waals surface area (Å²) in [5.41, 5.74) is 10.2. The summed E-state index contributed by atoms with van der Waals surface area (Å²) in [6, 6.07) is 15.9. The number of carbonyl (C=O) groups excluding carboxylic acids is 1. The van der Waals surface area contributed by atoms with E-state index in [4.69, 9.17) is 10.7 Å². The van der Waals surface area contributed by atoms with Crippen LogP contribution in [0.1, 0.15) is 29.9 Å². The number of hydrogen-bond acceptors (Lipinski definition) is 4. The Labute approximate surface area is 153 Å². The fourth-order valence-electron chi connectivity index (χ4n) is 3.80. The quantitative estimate of drug-likeness (QED) is 0.662. The third-order valence-corrected chi connectivity index (χ3v) is 5.26. The molecule has 0 spiro atoms. The number of nitrogens with zero attached hydrogens (tertiary/aromatic N) is 2. The summed E-state index contributed by atoms with van der Waals surface area (Å²) in [6.45, 7) is 2.08. The number of nitrogens with two attached hydrogens (primary N) is 1. The molecule has 2 aromatic rings. The van der Waals surface area contributed by atoms with E-state index in [1.807, 2.05) is 48.5 Å². The maximum atomic E-state index is 12.8. The smallest absolute Gasteiger partial charge is 0.238 e. The Hall–Kier alpha value is -2.66. The van der Waals surface area contributed by atoms with Gasteiger partial charge in [0.25, 0.3) is 0 Å². The fourth-order valence-corrected chi connectivity index (χ4v) is 3.80. The molecule has 1 unspecified atom stereocenters. The number of nitrogens with one attached hydrogen (secondary N) is 1. The maximum absolute atomic E-state index is 12.8. The van der Waals surface area contributed by atoms with E-state index in [1.165, 1.54) is 0 Å². The number of rotatable bonds is 3. The minimum atomic E-state index is -0.382. The van der Waals surface area contributed by atoms with Gasteiger partial charge in [-0.2, -0.15) is 0 Å². The lowest BCUT2D eigenvalue weighted by atomic mass is 9.90. The second kappa shape index (κ2) is 6.92. The lowest BCUT2D eigenvalue weighted by Gasteiger charge is -2.28. The molecule has 3 N–H and O–H groups in total. The number of anilines is 2. The van der Waals surface area contributed by atoms with Gasteiger partial charge in [0.15, 0.2) is 0 Å². The van der Waals surface area contributed by atoms with Crippen LogP contribution in [-0.4, -0.2) is 42.7 Å². The molecular formula is C21H24N4O. The molecule has 2 aromatic carbocycles. The van der Waals surface area contributed by atoms with E-state index < -0.39 is 0 Å². The number of likely N-dealkylation sites (tertiary alicyclic amines) is 1. The number of piperidine rings is 1. The summed E-state index contributed by atoms with van der Waals surface area (Å²) in [4.78, 5) is 20.2. The number of fused-ring (bicyclic) bond motifs is 1. The number of carbonyl (C=O) groups is 1. The fraction of sp³-hybridized carbons (Fsp3) is 0.333. The van der Waals surface area contributed by atoms with E-state index in [0.717, 1.165) is 48.5 Å². The zero-order valence-electron chi connectivity index (χ0n) is 15.0. The first kappa shape index (κ1) is 16.8. The summed E-state index contributed by atoms with van der Waals surface area (Å²) in [7, 11) is 2.14. The van der Waals surface area contributed by atoms with Gasteiger partial charge in [-0.1, -0.05) is 36.4 Å². The van der Waals surface area contributed by atoms with Crippen molar-refractivity contribution in [2.24, 2.45) is 4.99 Å². The van der Waals surface area contributed by atoms with Crippen molar-refractivity contribution in [1.29, 1.82) is 0 Å². The summed E-state index contributed by atoms with van der Waals surface area (Å²) >= 11 is 0. The van der Waals surface area contributed by atoms with Crippen molar-refractivity contribution in [3.05, 3.63) is 59.7 Å². The number of amides is 1. The Morgan fingerprint density at radius 3 is 2.62 bits per heavy atom. The van der Waals surface area contributed by atoms with Crippen LogP contribution in [-0.2, 0) is 4.79 Å². The van der Waals surface area contributed by atoms with Crippen molar-refractivity contribution in [3.63, 3.8) is 0 Å². The third kappa shape index (κ3) is 3.22. The Kier molecular flexibility index (Phi) is 4.47. The molecule has 5 nitrogen and oxygen atoms in total. The second-order valence-electron chi connectivity index (χ2n) is 7.18. The summed E-state index contributed by atoms with van der Waals surface area (Å²) in [5, 5.41) is 2.97. The molecule has 2 aliphatic rings. The van der Waals surface area contributed by atoms with Gasteiger partial charge in [0.1, 0.15) is 5.92 Å². The summed E-state index contributed by atoms with van der Waals surface area (Å²) in [5.74, 6) is -0.409. The van der Waals surface area contributed by atoms with Gasteiger partial charge < -0.3 is 16.0 Å². The van der Waals surface area contributed by atoms with Gasteiger partial charge in [0, 0.05) is 11.4 Å². The lowest BCUT2D eigenvalue weighted by Crippen LogP contribution is -2.33. The SMILES string of the molecule is CN1CCC(N=C(c2ccccc2)C2C(=O)Nc3cc(N)ccc32)CC1. The molecule has 5 heteroatoms. The zero-order valence-corrected chi connectivity index (χ0v) is 15.0. The molecule has 0 radical (unpaired) electrons. The Balaban J connectivity index is 1.76. The van der Waals surface area contributed by atoms with Crippen LogP contribution in [0.4, 0.5) is 11.4 Å². The molecule has 0 bridgehead atoms. The van der Waals surface area contributed by atoms with Crippen LogP contribution in [0.3, 0.4) is 0 Å². The summed E-state index contributed by atoms with van der Waals surface area (Å²) in [6.07, 6.45) is 2.05. The van der Waals surface area contributed by atoms with Crippen molar-refractivity contribution < 1.29 is 4.79 Å². The molecule has 0 aromatic heterocycles. The van der Waals surface area contributed by atoms with Crippen molar-refractivity contribution >= 4 is 23.0 Å². The molecule has 1 fully saturated rings. The molecular weight excluding hydrogens is 324 g/mol. The first-order chi connectivity index (χ1) is 12.6. The van der Waals surface area contributed by atoms with Crippen molar-refractivity contribution in [3.8, 4) is 0 Å². The monoisotopic (exact) mass is 348 g/mol. The molecule has 2 aliphatic heterocycles. The van der Waals surface area contributed by atoms with Crippen LogP contribution in [0, 0.1) is 0 Å².